The van der Waals surface area contributed by atoms with E-state index in [-0.39, 0.29) is 11.6 Å². The van der Waals surface area contributed by atoms with Crippen molar-refractivity contribution >= 4 is 35.1 Å². The molecule has 2 aromatic rings. The van der Waals surface area contributed by atoms with E-state index in [1.807, 2.05) is 13.8 Å². The van der Waals surface area contributed by atoms with Gasteiger partial charge < -0.3 is 19.8 Å². The number of aliphatic carboxylic acids is 2. The molecule has 0 bridgehead atoms. The Morgan fingerprint density at radius 3 is 1.19 bits per heavy atom. The molecule has 0 aliphatic rings. The molecule has 37 heavy (non-hydrogen) atoms. The maximum Gasteiger partial charge on any atom is 0.170 e. The Morgan fingerprint density at radius 2 is 0.919 bits per heavy atom. The summed E-state index contributed by atoms with van der Waals surface area (Å²) in [5.41, 5.74) is 0.813. The van der Waals surface area contributed by atoms with Crippen molar-refractivity contribution in [2.75, 3.05) is 13.2 Å². The maximum absolute atomic E-state index is 11.4. The topological polar surface area (TPSA) is 167 Å². The smallest absolute Gasteiger partial charge is 0.170 e. The van der Waals surface area contributed by atoms with Gasteiger partial charge in [-0.1, -0.05) is 60.7 Å². The van der Waals surface area contributed by atoms with Gasteiger partial charge in [0.1, 0.15) is 11.6 Å². The van der Waals surface area contributed by atoms with Gasteiger partial charge in [-0.05, 0) is 0 Å². The number of carboxylic acid groups (broad SMARTS) is 2. The van der Waals surface area contributed by atoms with E-state index < -0.39 is 73.3 Å². The average molecular weight is 592 g/mol. The van der Waals surface area contributed by atoms with Crippen molar-refractivity contribution in [2.45, 2.75) is 39.5 Å². The van der Waals surface area contributed by atoms with Crippen LogP contribution in [-0.4, -0.2) is 48.3 Å². The summed E-state index contributed by atoms with van der Waals surface area (Å²) >= 11 is -0.819. The molecular formula is C26H28O10Zr. The van der Waals surface area contributed by atoms with E-state index in [1.54, 1.807) is 60.7 Å². The molecule has 10 nitrogen and oxygen atoms in total. The molecular weight excluding hydrogens is 564 g/mol. The van der Waals surface area contributed by atoms with Crippen LogP contribution < -0.4 is 10.2 Å². The fourth-order valence-electron chi connectivity index (χ4n) is 2.42. The van der Waals surface area contributed by atoms with Crippen molar-refractivity contribution in [3.63, 3.8) is 0 Å². The normalized spacial score (nSPS) is 9.35. The number of hydrogen-bond donors (Lipinski definition) is 0. The summed E-state index contributed by atoms with van der Waals surface area (Å²) in [6, 6.07) is 16.5. The fraction of sp³-hybridized carbons (Fsp3) is 0.308. The van der Waals surface area contributed by atoms with Crippen LogP contribution in [0.3, 0.4) is 0 Å². The van der Waals surface area contributed by atoms with E-state index in [4.69, 9.17) is 5.63 Å². The number of carbonyl (C=O) groups is 6. The van der Waals surface area contributed by atoms with Gasteiger partial charge in [-0.25, -0.2) is 0 Å². The van der Waals surface area contributed by atoms with Crippen LogP contribution in [0.2, 0.25) is 0 Å². The molecule has 0 saturated carbocycles. The Bertz CT molecular complexity index is 925. The molecule has 11 heteroatoms. The quantitative estimate of drug-likeness (QED) is 0.175. The molecule has 0 amide bonds. The van der Waals surface area contributed by atoms with E-state index in [9.17, 15) is 39.0 Å². The van der Waals surface area contributed by atoms with Crippen molar-refractivity contribution in [1.29, 1.82) is 0 Å². The minimum Gasteiger partial charge on any atom is -0.550 e. The van der Waals surface area contributed by atoms with Gasteiger partial charge in [-0.2, -0.15) is 0 Å². The minimum atomic E-state index is -1.46. The standard InChI is InChI=1S/2C11H10O4.2C2H5O.Zr/c2*12-9(7-11(14)15)6-10(13)8-4-2-1-3-5-8;2*1-2-3;/h2*1-5H,6-7H2,(H,14,15);2*2H2,1H3;/q;;2*-1;+4/p-2. The van der Waals surface area contributed by atoms with Gasteiger partial charge in [-0.15, -0.1) is 0 Å². The van der Waals surface area contributed by atoms with Crippen LogP contribution in [0.25, 0.3) is 0 Å². The molecule has 0 saturated heterocycles. The molecule has 0 spiro atoms. The number of benzene rings is 2. The van der Waals surface area contributed by atoms with Crippen LogP contribution >= 0.6 is 0 Å². The minimum absolute atomic E-state index is 0.373. The molecule has 0 aliphatic carbocycles. The largest absolute Gasteiger partial charge is 0.550 e. The van der Waals surface area contributed by atoms with E-state index in [0.29, 0.717) is 11.1 Å². The van der Waals surface area contributed by atoms with Crippen LogP contribution in [0, 0.1) is 0 Å². The summed E-state index contributed by atoms with van der Waals surface area (Å²) in [6.07, 6.45) is -2.20. The van der Waals surface area contributed by atoms with Crippen LogP contribution in [-0.2, 0) is 48.9 Å². The monoisotopic (exact) mass is 590 g/mol. The Labute approximate surface area is 227 Å². The van der Waals surface area contributed by atoms with E-state index in [1.165, 1.54) is 0 Å². The van der Waals surface area contributed by atoms with Crippen molar-refractivity contribution in [3.8, 4) is 0 Å². The zero-order valence-electron chi connectivity index (χ0n) is 20.6. The Morgan fingerprint density at radius 1 is 0.595 bits per heavy atom. The molecule has 0 unspecified atom stereocenters. The summed E-state index contributed by atoms with van der Waals surface area (Å²) in [4.78, 5) is 65.0. The van der Waals surface area contributed by atoms with Crippen LogP contribution in [0.4, 0.5) is 0 Å². The van der Waals surface area contributed by atoms with Crippen LogP contribution in [0.5, 0.6) is 0 Å². The first-order valence-corrected chi connectivity index (χ1v) is 13.2. The first kappa shape index (κ1) is 33.9. The van der Waals surface area contributed by atoms with Crippen molar-refractivity contribution in [3.05, 3.63) is 71.8 Å². The Kier molecular flexibility index (Phi) is 19.2. The predicted molar refractivity (Wildman–Crippen MR) is 123 cm³/mol. The number of carbonyl (C=O) groups excluding carboxylic acids is 6. The third kappa shape index (κ3) is 18.7. The SMILES string of the molecule is CC[O][Zr+2][O]CC.O=C([O-])CC(=O)CC(=O)c1ccccc1.O=C([O-])CC(=O)CC(=O)c1ccccc1. The summed E-state index contributed by atoms with van der Waals surface area (Å²) in [5, 5.41) is 20.2. The summed E-state index contributed by atoms with van der Waals surface area (Å²) in [5.74, 6) is -4.93. The third-order valence-electron chi connectivity index (χ3n) is 4.00. The zero-order chi connectivity index (χ0) is 28.1. The average Bonchev–Trinajstić information content (AvgIpc) is 2.85. The molecule has 0 atom stereocenters. The molecule has 0 fully saturated rings. The number of carboxylic acids is 2. The van der Waals surface area contributed by atoms with Gasteiger partial charge in [-0.3, -0.25) is 19.2 Å². The van der Waals surface area contributed by atoms with Crippen LogP contribution in [0.1, 0.15) is 60.2 Å². The van der Waals surface area contributed by atoms with Gasteiger partial charge in [0.25, 0.3) is 0 Å². The second kappa shape index (κ2) is 21.0. The molecule has 0 heterocycles. The molecule has 2 aromatic carbocycles. The third-order valence-corrected chi connectivity index (χ3v) is 6.00. The van der Waals surface area contributed by atoms with Gasteiger partial charge in [0.2, 0.25) is 0 Å². The number of rotatable bonds is 14. The summed E-state index contributed by atoms with van der Waals surface area (Å²) in [7, 11) is 0. The zero-order valence-corrected chi connectivity index (χ0v) is 23.1. The van der Waals surface area contributed by atoms with Crippen molar-refractivity contribution < 1.29 is 68.7 Å². The molecule has 196 valence electrons. The van der Waals surface area contributed by atoms with E-state index in [0.717, 1.165) is 13.2 Å². The van der Waals surface area contributed by atoms with Gasteiger partial charge in [0, 0.05) is 35.9 Å². The van der Waals surface area contributed by atoms with Gasteiger partial charge in [0.15, 0.2) is 11.6 Å². The fourth-order valence-corrected chi connectivity index (χ4v) is 3.20. The first-order chi connectivity index (χ1) is 17.6. The van der Waals surface area contributed by atoms with Crippen molar-refractivity contribution in [2.24, 2.45) is 0 Å². The molecule has 0 aliphatic heterocycles. The molecule has 0 aromatic heterocycles. The first-order valence-electron chi connectivity index (χ1n) is 11.2. The number of hydrogen-bond acceptors (Lipinski definition) is 10. The van der Waals surface area contributed by atoms with Crippen molar-refractivity contribution in [1.82, 2.24) is 0 Å². The maximum atomic E-state index is 11.4. The Hall–Kier alpha value is -3.14. The predicted octanol–water partition coefficient (Wildman–Crippen LogP) is 0.909. The number of ketones is 4. The van der Waals surface area contributed by atoms with E-state index in [2.05, 4.69) is 0 Å². The number of Topliss-reactive ketones (excluding diaryl/α,β-unsaturated/α-hetero) is 4. The summed E-state index contributed by atoms with van der Waals surface area (Å²) < 4.78 is 10.0. The van der Waals surface area contributed by atoms with Crippen LogP contribution in [0.15, 0.2) is 60.7 Å². The van der Waals surface area contributed by atoms with Gasteiger partial charge in [0.05, 0.1) is 12.8 Å². The Balaban J connectivity index is 0.000000563. The summed E-state index contributed by atoms with van der Waals surface area (Å²) in [6.45, 7) is 5.60. The second-order valence-corrected chi connectivity index (χ2v) is 8.89. The second-order valence-electron chi connectivity index (χ2n) is 7.06. The molecule has 0 N–H and O–H groups in total. The molecule has 2 rings (SSSR count). The molecule has 0 radical (unpaired) electrons. The van der Waals surface area contributed by atoms with Gasteiger partial charge >= 0.3 is 56.8 Å². The van der Waals surface area contributed by atoms with E-state index >= 15 is 0 Å².